The zero-order chi connectivity index (χ0) is 9.14. The number of carbonyl (C=O) groups is 1. The van der Waals surface area contributed by atoms with Crippen molar-refractivity contribution in [2.24, 2.45) is 12.8 Å². The lowest BCUT2D eigenvalue weighted by molar-refractivity contribution is -0.138. The van der Waals surface area contributed by atoms with Crippen molar-refractivity contribution in [1.29, 1.82) is 0 Å². The van der Waals surface area contributed by atoms with Crippen molar-refractivity contribution in [3.8, 4) is 0 Å². The summed E-state index contributed by atoms with van der Waals surface area (Å²) in [5.41, 5.74) is 5.27. The molecule has 7 nitrogen and oxygen atoms in total. The number of hydrogen-bond donors (Lipinski definition) is 2. The van der Waals surface area contributed by atoms with E-state index < -0.39 is 12.0 Å². The van der Waals surface area contributed by atoms with Crippen LogP contribution in [-0.2, 0) is 18.3 Å². The number of aromatic nitrogens is 4. The summed E-state index contributed by atoms with van der Waals surface area (Å²) >= 11 is 0. The number of nitrogens with two attached hydrogens (primary N) is 1. The van der Waals surface area contributed by atoms with Gasteiger partial charge in [0, 0.05) is 13.5 Å². The first-order valence-electron chi connectivity index (χ1n) is 3.31. The van der Waals surface area contributed by atoms with E-state index in [1.807, 2.05) is 0 Å². The van der Waals surface area contributed by atoms with Gasteiger partial charge in [-0.3, -0.25) is 4.79 Å². The fourth-order valence-electron chi connectivity index (χ4n) is 0.705. The summed E-state index contributed by atoms with van der Waals surface area (Å²) in [7, 11) is 1.63. The molecule has 0 aromatic carbocycles. The van der Waals surface area contributed by atoms with Crippen molar-refractivity contribution in [2.75, 3.05) is 0 Å². The van der Waals surface area contributed by atoms with E-state index in [0.29, 0.717) is 5.82 Å². The molecule has 66 valence electrons. The van der Waals surface area contributed by atoms with Gasteiger partial charge in [-0.1, -0.05) is 0 Å². The van der Waals surface area contributed by atoms with Gasteiger partial charge in [-0.2, -0.15) is 0 Å². The summed E-state index contributed by atoms with van der Waals surface area (Å²) in [6.07, 6.45) is 0.138. The summed E-state index contributed by atoms with van der Waals surface area (Å²) in [4.78, 5) is 10.3. The molecule has 0 aliphatic rings. The maximum atomic E-state index is 10.3. The standard InChI is InChI=1S/C5H9N5O2/c1-10-4(7-8-9-10)2-3(6)5(11)12/h3H,2,6H2,1H3,(H,11,12)/t3-/m0/s1. The van der Waals surface area contributed by atoms with Crippen LogP contribution in [0.4, 0.5) is 0 Å². The molecule has 1 atom stereocenters. The molecule has 1 aromatic rings. The van der Waals surface area contributed by atoms with Crippen molar-refractivity contribution >= 4 is 5.97 Å². The van der Waals surface area contributed by atoms with Gasteiger partial charge in [-0.25, -0.2) is 4.68 Å². The van der Waals surface area contributed by atoms with Crippen LogP contribution in [0.25, 0.3) is 0 Å². The lowest BCUT2D eigenvalue weighted by Crippen LogP contribution is -2.33. The van der Waals surface area contributed by atoms with E-state index in [-0.39, 0.29) is 6.42 Å². The van der Waals surface area contributed by atoms with E-state index in [9.17, 15) is 4.79 Å². The van der Waals surface area contributed by atoms with Crippen LogP contribution in [0.15, 0.2) is 0 Å². The van der Waals surface area contributed by atoms with Gasteiger partial charge in [0.2, 0.25) is 0 Å². The minimum atomic E-state index is -1.06. The summed E-state index contributed by atoms with van der Waals surface area (Å²) in [5, 5.41) is 19.0. The highest BCUT2D eigenvalue weighted by atomic mass is 16.4. The van der Waals surface area contributed by atoms with Gasteiger partial charge in [-0.15, -0.1) is 5.10 Å². The van der Waals surface area contributed by atoms with Crippen LogP contribution in [0, 0.1) is 0 Å². The maximum absolute atomic E-state index is 10.3. The third-order valence-corrected chi connectivity index (χ3v) is 1.43. The second-order valence-corrected chi connectivity index (χ2v) is 2.37. The molecule has 1 rings (SSSR count). The van der Waals surface area contributed by atoms with E-state index in [0.717, 1.165) is 0 Å². The number of aliphatic carboxylic acids is 1. The highest BCUT2D eigenvalue weighted by Crippen LogP contribution is 1.93. The molecule has 1 heterocycles. The molecule has 7 heteroatoms. The van der Waals surface area contributed by atoms with Crippen LogP contribution in [0.5, 0.6) is 0 Å². The Balaban J connectivity index is 2.64. The number of nitrogens with zero attached hydrogens (tertiary/aromatic N) is 4. The first-order valence-corrected chi connectivity index (χ1v) is 3.31. The molecule has 1 aromatic heterocycles. The van der Waals surface area contributed by atoms with E-state index in [1.54, 1.807) is 7.05 Å². The van der Waals surface area contributed by atoms with Crippen LogP contribution < -0.4 is 5.73 Å². The maximum Gasteiger partial charge on any atom is 0.320 e. The topological polar surface area (TPSA) is 107 Å². The van der Waals surface area contributed by atoms with Crippen molar-refractivity contribution in [3.63, 3.8) is 0 Å². The number of aryl methyl sites for hydroxylation is 1. The first-order chi connectivity index (χ1) is 5.61. The molecule has 0 fully saturated rings. The second kappa shape index (κ2) is 3.26. The predicted molar refractivity (Wildman–Crippen MR) is 38.1 cm³/mol. The largest absolute Gasteiger partial charge is 0.480 e. The van der Waals surface area contributed by atoms with Crippen LogP contribution in [0.3, 0.4) is 0 Å². The molecule has 3 N–H and O–H groups in total. The molecule has 0 saturated carbocycles. The van der Waals surface area contributed by atoms with E-state index in [1.165, 1.54) is 4.68 Å². The molecule has 0 radical (unpaired) electrons. The summed E-state index contributed by atoms with van der Waals surface area (Å²) < 4.78 is 1.39. The highest BCUT2D eigenvalue weighted by molar-refractivity contribution is 5.73. The van der Waals surface area contributed by atoms with Crippen molar-refractivity contribution < 1.29 is 9.90 Å². The van der Waals surface area contributed by atoms with Crippen molar-refractivity contribution in [2.45, 2.75) is 12.5 Å². The first kappa shape index (κ1) is 8.60. The minimum absolute atomic E-state index is 0.138. The van der Waals surface area contributed by atoms with Gasteiger partial charge < -0.3 is 10.8 Å². The second-order valence-electron chi connectivity index (χ2n) is 2.37. The summed E-state index contributed by atoms with van der Waals surface area (Å²) in [6, 6.07) is -0.949. The lowest BCUT2D eigenvalue weighted by Gasteiger charge is -2.02. The Labute approximate surface area is 68.2 Å². The minimum Gasteiger partial charge on any atom is -0.480 e. The summed E-state index contributed by atoms with van der Waals surface area (Å²) in [6.45, 7) is 0. The molecule has 0 aliphatic carbocycles. The van der Waals surface area contributed by atoms with Gasteiger partial charge >= 0.3 is 5.97 Å². The van der Waals surface area contributed by atoms with Crippen molar-refractivity contribution in [3.05, 3.63) is 5.82 Å². The Morgan fingerprint density at radius 2 is 2.50 bits per heavy atom. The number of carboxylic acid groups (broad SMARTS) is 1. The fraction of sp³-hybridized carbons (Fsp3) is 0.600. The zero-order valence-electron chi connectivity index (χ0n) is 6.51. The van der Waals surface area contributed by atoms with Gasteiger partial charge in [-0.05, 0) is 10.4 Å². The Hall–Kier alpha value is -1.50. The van der Waals surface area contributed by atoms with Crippen LogP contribution >= 0.6 is 0 Å². The smallest absolute Gasteiger partial charge is 0.320 e. The van der Waals surface area contributed by atoms with Crippen LogP contribution in [-0.4, -0.2) is 37.3 Å². The normalized spacial score (nSPS) is 12.8. The summed E-state index contributed by atoms with van der Waals surface area (Å²) in [5.74, 6) is -0.595. The molecule has 0 unspecified atom stereocenters. The van der Waals surface area contributed by atoms with Crippen LogP contribution in [0.1, 0.15) is 5.82 Å². The Morgan fingerprint density at radius 3 is 2.92 bits per heavy atom. The number of carboxylic acids is 1. The van der Waals surface area contributed by atoms with Gasteiger partial charge in [0.25, 0.3) is 0 Å². The molecule has 0 aliphatic heterocycles. The van der Waals surface area contributed by atoms with Crippen molar-refractivity contribution in [1.82, 2.24) is 20.2 Å². The Morgan fingerprint density at radius 1 is 1.83 bits per heavy atom. The molecule has 12 heavy (non-hydrogen) atoms. The molecule has 0 amide bonds. The van der Waals surface area contributed by atoms with Gasteiger partial charge in [0.15, 0.2) is 5.82 Å². The van der Waals surface area contributed by atoms with E-state index >= 15 is 0 Å². The molecule has 0 spiro atoms. The Kier molecular flexibility index (Phi) is 2.34. The number of rotatable bonds is 3. The number of tetrazole rings is 1. The third-order valence-electron chi connectivity index (χ3n) is 1.43. The number of hydrogen-bond acceptors (Lipinski definition) is 5. The average Bonchev–Trinajstić information content (AvgIpc) is 2.36. The quantitative estimate of drug-likeness (QED) is 0.553. The molecular weight excluding hydrogens is 162 g/mol. The highest BCUT2D eigenvalue weighted by Gasteiger charge is 2.15. The zero-order valence-corrected chi connectivity index (χ0v) is 6.51. The third kappa shape index (κ3) is 1.76. The Bertz CT molecular complexity index is 283. The van der Waals surface area contributed by atoms with Gasteiger partial charge in [0.05, 0.1) is 0 Å². The van der Waals surface area contributed by atoms with E-state index in [2.05, 4.69) is 15.5 Å². The lowest BCUT2D eigenvalue weighted by atomic mass is 10.2. The van der Waals surface area contributed by atoms with Gasteiger partial charge in [0.1, 0.15) is 6.04 Å². The predicted octanol–water partition coefficient (Wildman–Crippen LogP) is -1.84. The molecular formula is C5H9N5O2. The molecule has 0 saturated heterocycles. The fourth-order valence-corrected chi connectivity index (χ4v) is 0.705. The molecule has 0 bridgehead atoms. The SMILES string of the molecule is Cn1nnnc1C[C@H](N)C(=O)O. The van der Waals surface area contributed by atoms with E-state index in [4.69, 9.17) is 10.8 Å². The van der Waals surface area contributed by atoms with Crippen LogP contribution in [0.2, 0.25) is 0 Å². The average molecular weight is 171 g/mol. The monoisotopic (exact) mass is 171 g/mol.